The van der Waals surface area contributed by atoms with Crippen molar-refractivity contribution < 1.29 is 9.59 Å². The zero-order chi connectivity index (χ0) is 17.7. The summed E-state index contributed by atoms with van der Waals surface area (Å²) >= 11 is 4.96. The van der Waals surface area contributed by atoms with Crippen LogP contribution in [0.3, 0.4) is 0 Å². The number of thiocarbonyl (C=S) groups is 1. The van der Waals surface area contributed by atoms with Gasteiger partial charge in [0.1, 0.15) is 4.99 Å². The van der Waals surface area contributed by atoms with Crippen molar-refractivity contribution in [1.29, 1.82) is 0 Å². The first kappa shape index (κ1) is 18.0. The van der Waals surface area contributed by atoms with E-state index in [1.807, 2.05) is 7.05 Å². The van der Waals surface area contributed by atoms with Crippen molar-refractivity contribution in [2.75, 3.05) is 38.7 Å². The van der Waals surface area contributed by atoms with Gasteiger partial charge in [-0.2, -0.15) is 5.10 Å². The molecule has 1 amide bonds. The van der Waals surface area contributed by atoms with Gasteiger partial charge >= 0.3 is 0 Å². The Morgan fingerprint density at radius 3 is 2.25 bits per heavy atom. The van der Waals surface area contributed by atoms with E-state index in [4.69, 9.17) is 18.0 Å². The number of carbonyl (C=O) groups excluding carboxylic acids is 2. The molecular formula is C16H21N5O2S. The molecule has 0 aliphatic carbocycles. The molecule has 2 rings (SSSR count). The molecule has 8 heteroatoms. The lowest BCUT2D eigenvalue weighted by atomic mass is 10.1. The molecule has 0 aromatic heterocycles. The van der Waals surface area contributed by atoms with Crippen LogP contribution in [-0.4, -0.2) is 65.4 Å². The first-order valence-corrected chi connectivity index (χ1v) is 8.01. The van der Waals surface area contributed by atoms with Gasteiger partial charge < -0.3 is 15.5 Å². The van der Waals surface area contributed by atoms with Crippen molar-refractivity contribution in [2.24, 2.45) is 10.8 Å². The average molecular weight is 347 g/mol. The predicted octanol–water partition coefficient (Wildman–Crippen LogP) is 0.717. The molecule has 128 valence electrons. The lowest BCUT2D eigenvalue weighted by Crippen LogP contribution is -2.51. The van der Waals surface area contributed by atoms with Crippen LogP contribution in [0.15, 0.2) is 29.4 Å². The van der Waals surface area contributed by atoms with Crippen LogP contribution in [0.2, 0.25) is 0 Å². The van der Waals surface area contributed by atoms with E-state index in [1.165, 1.54) is 6.92 Å². The summed E-state index contributed by atoms with van der Waals surface area (Å²) in [4.78, 5) is 27.6. The van der Waals surface area contributed by atoms with Crippen molar-refractivity contribution in [1.82, 2.24) is 9.80 Å². The number of carbonyl (C=O) groups is 2. The number of likely N-dealkylation sites (N-methyl/N-ethyl adjacent to an activating group) is 1. The standard InChI is InChI=1S/C16H21N5O2S/c1-11(22)12-3-5-13(6-4-12)18-19-14(15(17)24)16(23)21-9-7-20(2)8-10-21/h3-6,18H,7-10H2,1-2H3,(H2,17,24)/b19-14+. The molecule has 0 unspecified atom stereocenters. The fourth-order valence-corrected chi connectivity index (χ4v) is 2.40. The molecule has 0 bridgehead atoms. The number of anilines is 1. The molecule has 0 radical (unpaired) electrons. The second-order valence-corrected chi connectivity index (χ2v) is 6.11. The van der Waals surface area contributed by atoms with E-state index < -0.39 is 0 Å². The first-order chi connectivity index (χ1) is 11.4. The van der Waals surface area contributed by atoms with E-state index in [1.54, 1.807) is 29.2 Å². The number of hydrazone groups is 1. The Hall–Kier alpha value is -2.32. The maximum absolute atomic E-state index is 12.5. The minimum atomic E-state index is -0.275. The fraction of sp³-hybridized carbons (Fsp3) is 0.375. The summed E-state index contributed by atoms with van der Waals surface area (Å²) in [5.74, 6) is -0.289. The fourth-order valence-electron chi connectivity index (χ4n) is 2.27. The molecule has 1 aliphatic rings. The lowest BCUT2D eigenvalue weighted by Gasteiger charge is -2.32. The van der Waals surface area contributed by atoms with Crippen molar-refractivity contribution in [3.05, 3.63) is 29.8 Å². The molecule has 1 heterocycles. The highest BCUT2D eigenvalue weighted by Gasteiger charge is 2.25. The molecule has 1 aliphatic heterocycles. The van der Waals surface area contributed by atoms with Crippen LogP contribution in [-0.2, 0) is 4.79 Å². The van der Waals surface area contributed by atoms with Gasteiger partial charge in [-0.15, -0.1) is 0 Å². The monoisotopic (exact) mass is 347 g/mol. The zero-order valence-corrected chi connectivity index (χ0v) is 14.6. The number of ketones is 1. The average Bonchev–Trinajstić information content (AvgIpc) is 2.55. The van der Waals surface area contributed by atoms with Gasteiger partial charge in [0, 0.05) is 31.7 Å². The maximum atomic E-state index is 12.5. The van der Waals surface area contributed by atoms with Crippen LogP contribution < -0.4 is 11.2 Å². The Balaban J connectivity index is 2.09. The third kappa shape index (κ3) is 4.59. The number of piperazine rings is 1. The van der Waals surface area contributed by atoms with Gasteiger partial charge in [-0.25, -0.2) is 0 Å². The summed E-state index contributed by atoms with van der Waals surface area (Å²) in [7, 11) is 2.01. The minimum Gasteiger partial charge on any atom is -0.388 e. The number of Topliss-reactive ketones (excluding diaryl/α,β-unsaturated/α-hetero) is 1. The van der Waals surface area contributed by atoms with E-state index in [9.17, 15) is 9.59 Å². The van der Waals surface area contributed by atoms with Gasteiger partial charge in [0.2, 0.25) is 0 Å². The molecule has 0 saturated carbocycles. The molecule has 1 aromatic carbocycles. The summed E-state index contributed by atoms with van der Waals surface area (Å²) in [5, 5.41) is 4.07. The Morgan fingerprint density at radius 1 is 1.17 bits per heavy atom. The summed E-state index contributed by atoms with van der Waals surface area (Å²) in [5.41, 5.74) is 9.71. The molecular weight excluding hydrogens is 326 g/mol. The second-order valence-electron chi connectivity index (χ2n) is 5.67. The van der Waals surface area contributed by atoms with E-state index in [-0.39, 0.29) is 22.4 Å². The highest BCUT2D eigenvalue weighted by Crippen LogP contribution is 2.10. The van der Waals surface area contributed by atoms with Crippen LogP contribution in [0.4, 0.5) is 5.69 Å². The van der Waals surface area contributed by atoms with Gasteiger partial charge in [-0.3, -0.25) is 15.0 Å². The van der Waals surface area contributed by atoms with Gasteiger partial charge in [0.25, 0.3) is 5.91 Å². The largest absolute Gasteiger partial charge is 0.388 e. The van der Waals surface area contributed by atoms with Crippen molar-refractivity contribution >= 4 is 40.3 Å². The lowest BCUT2D eigenvalue weighted by molar-refractivity contribution is -0.125. The number of nitrogens with one attached hydrogen (secondary N) is 1. The summed E-state index contributed by atoms with van der Waals surface area (Å²) in [6, 6.07) is 6.78. The highest BCUT2D eigenvalue weighted by molar-refractivity contribution is 7.82. The van der Waals surface area contributed by atoms with Gasteiger partial charge in [0.15, 0.2) is 11.5 Å². The number of rotatable bonds is 5. The van der Waals surface area contributed by atoms with Crippen LogP contribution >= 0.6 is 12.2 Å². The molecule has 3 N–H and O–H groups in total. The number of hydrogen-bond acceptors (Lipinski definition) is 6. The van der Waals surface area contributed by atoms with Gasteiger partial charge in [-0.1, -0.05) is 12.2 Å². The van der Waals surface area contributed by atoms with Crippen molar-refractivity contribution in [3.63, 3.8) is 0 Å². The number of nitrogens with zero attached hydrogens (tertiary/aromatic N) is 3. The smallest absolute Gasteiger partial charge is 0.277 e. The summed E-state index contributed by atoms with van der Waals surface area (Å²) in [6.07, 6.45) is 0. The minimum absolute atomic E-state index is 0.0147. The molecule has 1 fully saturated rings. The Morgan fingerprint density at radius 2 is 1.75 bits per heavy atom. The van der Waals surface area contributed by atoms with Crippen LogP contribution in [0.1, 0.15) is 17.3 Å². The highest BCUT2D eigenvalue weighted by atomic mass is 32.1. The van der Waals surface area contributed by atoms with E-state index in [0.717, 1.165) is 13.1 Å². The van der Waals surface area contributed by atoms with Gasteiger partial charge in [0.05, 0.1) is 5.69 Å². The molecule has 7 nitrogen and oxygen atoms in total. The molecule has 1 saturated heterocycles. The Bertz CT molecular complexity index is 664. The topological polar surface area (TPSA) is 91.0 Å². The number of amides is 1. The maximum Gasteiger partial charge on any atom is 0.277 e. The first-order valence-electron chi connectivity index (χ1n) is 7.61. The van der Waals surface area contributed by atoms with Crippen LogP contribution in [0, 0.1) is 0 Å². The summed E-state index contributed by atoms with van der Waals surface area (Å²) in [6.45, 7) is 4.33. The number of nitrogens with two attached hydrogens (primary N) is 1. The van der Waals surface area contributed by atoms with Gasteiger partial charge in [-0.05, 0) is 38.2 Å². The SMILES string of the molecule is CC(=O)c1ccc(N/N=C(/C(=O)N2CCN(C)CC2)C(N)=S)cc1. The van der Waals surface area contributed by atoms with E-state index >= 15 is 0 Å². The van der Waals surface area contributed by atoms with Crippen molar-refractivity contribution in [2.45, 2.75) is 6.92 Å². The van der Waals surface area contributed by atoms with E-state index in [2.05, 4.69) is 15.4 Å². The quantitative estimate of drug-likeness (QED) is 0.353. The number of hydrogen-bond donors (Lipinski definition) is 2. The molecule has 0 spiro atoms. The second kappa shape index (κ2) is 7.98. The van der Waals surface area contributed by atoms with E-state index in [0.29, 0.717) is 24.3 Å². The summed E-state index contributed by atoms with van der Waals surface area (Å²) < 4.78 is 0. The van der Waals surface area contributed by atoms with Crippen LogP contribution in [0.25, 0.3) is 0 Å². The Kier molecular flexibility index (Phi) is 5.99. The normalized spacial score (nSPS) is 15.9. The molecule has 24 heavy (non-hydrogen) atoms. The predicted molar refractivity (Wildman–Crippen MR) is 98.4 cm³/mol. The number of benzene rings is 1. The molecule has 1 aromatic rings. The third-order valence-electron chi connectivity index (χ3n) is 3.81. The Labute approximate surface area is 146 Å². The molecule has 0 atom stereocenters. The third-order valence-corrected chi connectivity index (χ3v) is 4.01. The zero-order valence-electron chi connectivity index (χ0n) is 13.8. The van der Waals surface area contributed by atoms with Crippen LogP contribution in [0.5, 0.6) is 0 Å². The van der Waals surface area contributed by atoms with Crippen molar-refractivity contribution in [3.8, 4) is 0 Å².